The van der Waals surface area contributed by atoms with Crippen LogP contribution in [0.1, 0.15) is 26.1 Å². The van der Waals surface area contributed by atoms with Crippen molar-refractivity contribution in [1.82, 2.24) is 15.3 Å². The van der Waals surface area contributed by atoms with Crippen molar-refractivity contribution in [2.24, 2.45) is 0 Å². The molecule has 0 saturated carbocycles. The zero-order valence-electron chi connectivity index (χ0n) is 10.8. The van der Waals surface area contributed by atoms with Gasteiger partial charge in [0.05, 0.1) is 0 Å². The molecular formula is C12H19N5O. The number of rotatable bonds is 3. The van der Waals surface area contributed by atoms with Gasteiger partial charge in [-0.2, -0.15) is 0 Å². The molecule has 1 aromatic heterocycles. The van der Waals surface area contributed by atoms with Crippen molar-refractivity contribution in [2.75, 3.05) is 23.7 Å². The van der Waals surface area contributed by atoms with Crippen molar-refractivity contribution >= 4 is 17.5 Å². The lowest BCUT2D eigenvalue weighted by Crippen LogP contribution is -2.54. The second-order valence-electron chi connectivity index (χ2n) is 4.48. The highest BCUT2D eigenvalue weighted by atomic mass is 16.2. The SMILES string of the molecule is CCCc1nc(N)cc(N2CCNC(=O)C2C)n1. The Morgan fingerprint density at radius 3 is 3.06 bits per heavy atom. The third-order valence-corrected chi connectivity index (χ3v) is 3.05. The number of nitrogens with one attached hydrogen (secondary N) is 1. The molecule has 1 unspecified atom stereocenters. The molecule has 0 aromatic carbocycles. The van der Waals surface area contributed by atoms with E-state index in [1.807, 2.05) is 11.8 Å². The summed E-state index contributed by atoms with van der Waals surface area (Å²) < 4.78 is 0. The van der Waals surface area contributed by atoms with Crippen molar-refractivity contribution in [3.63, 3.8) is 0 Å². The number of amides is 1. The third-order valence-electron chi connectivity index (χ3n) is 3.05. The van der Waals surface area contributed by atoms with Gasteiger partial charge in [-0.05, 0) is 13.3 Å². The normalized spacial score (nSPS) is 19.8. The van der Waals surface area contributed by atoms with E-state index in [-0.39, 0.29) is 11.9 Å². The maximum absolute atomic E-state index is 11.6. The monoisotopic (exact) mass is 249 g/mol. The molecular weight excluding hydrogens is 230 g/mol. The van der Waals surface area contributed by atoms with E-state index in [0.717, 1.165) is 31.0 Å². The molecule has 1 aliphatic heterocycles. The fourth-order valence-electron chi connectivity index (χ4n) is 2.08. The summed E-state index contributed by atoms with van der Waals surface area (Å²) in [6.07, 6.45) is 1.77. The van der Waals surface area contributed by atoms with E-state index < -0.39 is 0 Å². The van der Waals surface area contributed by atoms with Crippen molar-refractivity contribution < 1.29 is 4.79 Å². The van der Waals surface area contributed by atoms with Gasteiger partial charge in [0.1, 0.15) is 23.5 Å². The number of hydrogen-bond acceptors (Lipinski definition) is 5. The largest absolute Gasteiger partial charge is 0.384 e. The lowest BCUT2D eigenvalue weighted by Gasteiger charge is -2.33. The molecule has 6 heteroatoms. The Morgan fingerprint density at radius 2 is 2.33 bits per heavy atom. The van der Waals surface area contributed by atoms with Crippen molar-refractivity contribution in [3.05, 3.63) is 11.9 Å². The molecule has 1 amide bonds. The number of piperazine rings is 1. The van der Waals surface area contributed by atoms with Crippen molar-refractivity contribution in [1.29, 1.82) is 0 Å². The molecule has 1 aromatic rings. The van der Waals surface area contributed by atoms with E-state index in [4.69, 9.17) is 5.73 Å². The average molecular weight is 249 g/mol. The highest BCUT2D eigenvalue weighted by Gasteiger charge is 2.26. The first-order valence-corrected chi connectivity index (χ1v) is 6.29. The van der Waals surface area contributed by atoms with Crippen LogP contribution >= 0.6 is 0 Å². The minimum absolute atomic E-state index is 0.0236. The lowest BCUT2D eigenvalue weighted by atomic mass is 10.2. The fourth-order valence-corrected chi connectivity index (χ4v) is 2.08. The first kappa shape index (κ1) is 12.6. The number of nitrogens with zero attached hydrogens (tertiary/aromatic N) is 3. The molecule has 2 rings (SSSR count). The smallest absolute Gasteiger partial charge is 0.242 e. The molecule has 1 saturated heterocycles. The Hall–Kier alpha value is -1.85. The van der Waals surface area contributed by atoms with Gasteiger partial charge in [-0.3, -0.25) is 4.79 Å². The number of carbonyl (C=O) groups excluding carboxylic acids is 1. The number of anilines is 2. The predicted molar refractivity (Wildman–Crippen MR) is 70.3 cm³/mol. The van der Waals surface area contributed by atoms with Crippen LogP contribution in [0.2, 0.25) is 0 Å². The second kappa shape index (κ2) is 5.20. The van der Waals surface area contributed by atoms with E-state index in [1.54, 1.807) is 6.07 Å². The van der Waals surface area contributed by atoms with Crippen molar-refractivity contribution in [2.45, 2.75) is 32.7 Å². The van der Waals surface area contributed by atoms with E-state index >= 15 is 0 Å². The van der Waals surface area contributed by atoms with Gasteiger partial charge in [-0.1, -0.05) is 6.92 Å². The number of carbonyl (C=O) groups is 1. The summed E-state index contributed by atoms with van der Waals surface area (Å²) >= 11 is 0. The summed E-state index contributed by atoms with van der Waals surface area (Å²) in [7, 11) is 0. The fraction of sp³-hybridized carbons (Fsp3) is 0.583. The van der Waals surface area contributed by atoms with Crippen LogP contribution in [-0.4, -0.2) is 35.0 Å². The Bertz CT molecular complexity index is 448. The molecule has 18 heavy (non-hydrogen) atoms. The first-order valence-electron chi connectivity index (χ1n) is 6.29. The molecule has 2 heterocycles. The van der Waals surface area contributed by atoms with Crippen LogP contribution in [0, 0.1) is 0 Å². The van der Waals surface area contributed by atoms with Gasteiger partial charge in [-0.25, -0.2) is 9.97 Å². The number of aryl methyl sites for hydroxylation is 1. The van der Waals surface area contributed by atoms with Crippen LogP contribution in [0.25, 0.3) is 0 Å². The standard InChI is InChI=1S/C12H19N5O/c1-3-4-10-15-9(13)7-11(16-10)17-6-5-14-12(18)8(17)2/h7-8H,3-6H2,1-2H3,(H,14,18)(H2,13,15,16). The summed E-state index contributed by atoms with van der Waals surface area (Å²) in [6.45, 7) is 5.32. The Balaban J connectivity index is 2.28. The molecule has 98 valence electrons. The maximum atomic E-state index is 11.6. The highest BCUT2D eigenvalue weighted by molar-refractivity contribution is 5.85. The Kier molecular flexibility index (Phi) is 3.64. The minimum Gasteiger partial charge on any atom is -0.384 e. The summed E-state index contributed by atoms with van der Waals surface area (Å²) in [6, 6.07) is 1.51. The molecule has 1 aliphatic rings. The van der Waals surface area contributed by atoms with Crippen molar-refractivity contribution in [3.8, 4) is 0 Å². The highest BCUT2D eigenvalue weighted by Crippen LogP contribution is 2.18. The van der Waals surface area contributed by atoms with E-state index in [1.165, 1.54) is 0 Å². The van der Waals surface area contributed by atoms with Gasteiger partial charge >= 0.3 is 0 Å². The van der Waals surface area contributed by atoms with Crippen LogP contribution < -0.4 is 16.0 Å². The summed E-state index contributed by atoms with van der Waals surface area (Å²) in [4.78, 5) is 22.3. The molecule has 1 atom stereocenters. The molecule has 0 aliphatic carbocycles. The quantitative estimate of drug-likeness (QED) is 0.806. The van der Waals surface area contributed by atoms with E-state index in [2.05, 4.69) is 22.2 Å². The Morgan fingerprint density at radius 1 is 1.56 bits per heavy atom. The number of hydrogen-bond donors (Lipinski definition) is 2. The van der Waals surface area contributed by atoms with Crippen LogP contribution in [0.3, 0.4) is 0 Å². The van der Waals surface area contributed by atoms with Gasteiger partial charge in [0.25, 0.3) is 0 Å². The number of nitrogen functional groups attached to an aromatic ring is 1. The lowest BCUT2D eigenvalue weighted by molar-refractivity contribution is -0.122. The molecule has 6 nitrogen and oxygen atoms in total. The third kappa shape index (κ3) is 2.52. The molecule has 3 N–H and O–H groups in total. The molecule has 0 radical (unpaired) electrons. The van der Waals surface area contributed by atoms with Crippen LogP contribution in [-0.2, 0) is 11.2 Å². The van der Waals surface area contributed by atoms with Gasteiger partial charge in [-0.15, -0.1) is 0 Å². The maximum Gasteiger partial charge on any atom is 0.242 e. The molecule has 0 spiro atoms. The summed E-state index contributed by atoms with van der Waals surface area (Å²) in [5.74, 6) is 1.97. The second-order valence-corrected chi connectivity index (χ2v) is 4.48. The Labute approximate surface area is 107 Å². The van der Waals surface area contributed by atoms with E-state index in [0.29, 0.717) is 12.4 Å². The topological polar surface area (TPSA) is 84.1 Å². The predicted octanol–water partition coefficient (Wildman–Crippen LogP) is 0.336. The van der Waals surface area contributed by atoms with Gasteiger partial charge in [0, 0.05) is 25.6 Å². The van der Waals surface area contributed by atoms with E-state index in [9.17, 15) is 4.79 Å². The number of aromatic nitrogens is 2. The van der Waals surface area contributed by atoms with Gasteiger partial charge in [0.2, 0.25) is 5.91 Å². The summed E-state index contributed by atoms with van der Waals surface area (Å²) in [5, 5.41) is 2.83. The van der Waals surface area contributed by atoms with Crippen LogP contribution in [0.15, 0.2) is 6.07 Å². The zero-order chi connectivity index (χ0) is 13.1. The van der Waals surface area contributed by atoms with Crippen LogP contribution in [0.5, 0.6) is 0 Å². The minimum atomic E-state index is -0.220. The molecule has 1 fully saturated rings. The first-order chi connectivity index (χ1) is 8.61. The molecule has 0 bridgehead atoms. The average Bonchev–Trinajstić information content (AvgIpc) is 2.32. The zero-order valence-corrected chi connectivity index (χ0v) is 10.8. The summed E-state index contributed by atoms with van der Waals surface area (Å²) in [5.41, 5.74) is 5.80. The van der Waals surface area contributed by atoms with Gasteiger partial charge in [0.15, 0.2) is 0 Å². The van der Waals surface area contributed by atoms with Gasteiger partial charge < -0.3 is 16.0 Å². The number of nitrogens with two attached hydrogens (primary N) is 1. The van der Waals surface area contributed by atoms with Crippen LogP contribution in [0.4, 0.5) is 11.6 Å².